The average Bonchev–Trinajstić information content (AvgIpc) is 2.80. The number of rotatable bonds is 7. The van der Waals surface area contributed by atoms with Gasteiger partial charge in [-0.3, -0.25) is 14.6 Å². The summed E-state index contributed by atoms with van der Waals surface area (Å²) >= 11 is 0. The molecule has 0 unspecified atom stereocenters. The number of hydrogen-bond acceptors (Lipinski definition) is 7. The molecule has 9 nitrogen and oxygen atoms in total. The highest BCUT2D eigenvalue weighted by Gasteiger charge is 2.16. The molecule has 9 heteroatoms. The fourth-order valence-corrected chi connectivity index (χ4v) is 2.87. The number of carbonyl (C=O) groups is 3. The van der Waals surface area contributed by atoms with Crippen molar-refractivity contribution in [3.63, 3.8) is 0 Å². The van der Waals surface area contributed by atoms with Gasteiger partial charge in [0.2, 0.25) is 0 Å². The summed E-state index contributed by atoms with van der Waals surface area (Å²) in [4.78, 5) is 45.0. The SMILES string of the molecule is CCOC(=O)c1ccc(C(=O)Nc2ccc(NC(=O)c3cccnc3)c(OC)c2)nc1C. The van der Waals surface area contributed by atoms with Crippen molar-refractivity contribution in [3.8, 4) is 5.75 Å². The number of benzene rings is 1. The lowest BCUT2D eigenvalue weighted by Gasteiger charge is -2.13. The van der Waals surface area contributed by atoms with Gasteiger partial charge in [0, 0.05) is 24.1 Å². The summed E-state index contributed by atoms with van der Waals surface area (Å²) in [6, 6.07) is 11.1. The number of ether oxygens (including phenoxy) is 2. The van der Waals surface area contributed by atoms with Gasteiger partial charge in [-0.05, 0) is 50.2 Å². The summed E-state index contributed by atoms with van der Waals surface area (Å²) in [5.74, 6) is -0.924. The molecule has 0 bridgehead atoms. The van der Waals surface area contributed by atoms with E-state index in [1.54, 1.807) is 50.4 Å². The van der Waals surface area contributed by atoms with Crippen molar-refractivity contribution in [2.24, 2.45) is 0 Å². The van der Waals surface area contributed by atoms with Gasteiger partial charge in [-0.2, -0.15) is 0 Å². The molecule has 0 atom stereocenters. The lowest BCUT2D eigenvalue weighted by atomic mass is 10.1. The van der Waals surface area contributed by atoms with E-state index in [0.717, 1.165) is 0 Å². The predicted octanol–water partition coefficient (Wildman–Crippen LogP) is 3.47. The molecule has 0 radical (unpaired) electrons. The minimum atomic E-state index is -0.488. The number of pyridine rings is 2. The van der Waals surface area contributed by atoms with Gasteiger partial charge in [-0.25, -0.2) is 9.78 Å². The zero-order valence-corrected chi connectivity index (χ0v) is 17.8. The van der Waals surface area contributed by atoms with E-state index in [1.165, 1.54) is 25.4 Å². The van der Waals surface area contributed by atoms with Crippen molar-refractivity contribution in [1.82, 2.24) is 9.97 Å². The highest BCUT2D eigenvalue weighted by Crippen LogP contribution is 2.28. The zero-order chi connectivity index (χ0) is 23.1. The lowest BCUT2D eigenvalue weighted by molar-refractivity contribution is 0.0524. The maximum absolute atomic E-state index is 12.6. The Bertz CT molecular complexity index is 1150. The molecule has 0 aliphatic rings. The lowest BCUT2D eigenvalue weighted by Crippen LogP contribution is -2.16. The maximum atomic E-state index is 12.6. The first-order valence-corrected chi connectivity index (χ1v) is 9.78. The molecule has 32 heavy (non-hydrogen) atoms. The molecule has 2 heterocycles. The largest absolute Gasteiger partial charge is 0.494 e. The van der Waals surface area contributed by atoms with Crippen LogP contribution in [0.25, 0.3) is 0 Å². The van der Waals surface area contributed by atoms with Crippen LogP contribution >= 0.6 is 0 Å². The molecule has 3 rings (SSSR count). The Morgan fingerprint density at radius 3 is 2.50 bits per heavy atom. The van der Waals surface area contributed by atoms with Crippen LogP contribution < -0.4 is 15.4 Å². The predicted molar refractivity (Wildman–Crippen MR) is 118 cm³/mol. The number of anilines is 2. The zero-order valence-electron chi connectivity index (χ0n) is 17.8. The Labute approximate surface area is 184 Å². The third kappa shape index (κ3) is 5.25. The Balaban J connectivity index is 1.73. The molecule has 1 aromatic carbocycles. The normalized spacial score (nSPS) is 10.2. The molecule has 2 aromatic heterocycles. The highest BCUT2D eigenvalue weighted by atomic mass is 16.5. The van der Waals surface area contributed by atoms with Crippen molar-refractivity contribution in [2.45, 2.75) is 13.8 Å². The smallest absolute Gasteiger partial charge is 0.339 e. The van der Waals surface area contributed by atoms with E-state index in [4.69, 9.17) is 9.47 Å². The summed E-state index contributed by atoms with van der Waals surface area (Å²) in [6.45, 7) is 3.60. The minimum Gasteiger partial charge on any atom is -0.494 e. The van der Waals surface area contributed by atoms with E-state index < -0.39 is 11.9 Å². The number of amides is 2. The van der Waals surface area contributed by atoms with E-state index >= 15 is 0 Å². The molecule has 0 fully saturated rings. The molecule has 2 amide bonds. The minimum absolute atomic E-state index is 0.142. The maximum Gasteiger partial charge on any atom is 0.339 e. The summed E-state index contributed by atoms with van der Waals surface area (Å²) in [6.07, 6.45) is 3.04. The van der Waals surface area contributed by atoms with E-state index in [-0.39, 0.29) is 18.2 Å². The Morgan fingerprint density at radius 2 is 1.84 bits per heavy atom. The number of carbonyl (C=O) groups excluding carboxylic acids is 3. The number of hydrogen-bond donors (Lipinski definition) is 2. The standard InChI is InChI=1S/C23H22N4O5/c1-4-32-23(30)17-8-10-19(25-14(17)2)22(29)26-16-7-9-18(20(12-16)31-3)27-21(28)15-6-5-11-24-13-15/h5-13H,4H2,1-3H3,(H,26,29)(H,27,28). The number of nitrogens with zero attached hydrogens (tertiary/aromatic N) is 2. The van der Waals surface area contributed by atoms with Crippen LogP contribution in [0, 0.1) is 6.92 Å². The van der Waals surface area contributed by atoms with Crippen LogP contribution in [0.15, 0.2) is 54.9 Å². The van der Waals surface area contributed by atoms with Crippen molar-refractivity contribution in [2.75, 3.05) is 24.4 Å². The van der Waals surface area contributed by atoms with Gasteiger partial charge in [-0.1, -0.05) is 0 Å². The Hall–Kier alpha value is -4.27. The van der Waals surface area contributed by atoms with Crippen LogP contribution in [0.3, 0.4) is 0 Å². The molecule has 2 N–H and O–H groups in total. The number of methoxy groups -OCH3 is 1. The van der Waals surface area contributed by atoms with Gasteiger partial charge in [0.25, 0.3) is 11.8 Å². The third-order valence-corrected chi connectivity index (χ3v) is 4.45. The quantitative estimate of drug-likeness (QED) is 0.546. The van der Waals surface area contributed by atoms with Crippen LogP contribution in [0.1, 0.15) is 43.8 Å². The average molecular weight is 434 g/mol. The topological polar surface area (TPSA) is 120 Å². The van der Waals surface area contributed by atoms with E-state index in [9.17, 15) is 14.4 Å². The van der Waals surface area contributed by atoms with E-state index in [0.29, 0.717) is 33.9 Å². The van der Waals surface area contributed by atoms with Crippen LogP contribution in [-0.2, 0) is 4.74 Å². The third-order valence-electron chi connectivity index (χ3n) is 4.45. The second-order valence-electron chi connectivity index (χ2n) is 6.61. The second kappa shape index (κ2) is 10.2. The van der Waals surface area contributed by atoms with Crippen LogP contribution in [-0.4, -0.2) is 41.5 Å². The molecular formula is C23H22N4O5. The van der Waals surface area contributed by atoms with Crippen molar-refractivity contribution in [1.29, 1.82) is 0 Å². The number of nitrogens with one attached hydrogen (secondary N) is 2. The molecule has 0 spiro atoms. The Morgan fingerprint density at radius 1 is 1.03 bits per heavy atom. The molecular weight excluding hydrogens is 412 g/mol. The van der Waals surface area contributed by atoms with Gasteiger partial charge >= 0.3 is 5.97 Å². The summed E-state index contributed by atoms with van der Waals surface area (Å²) in [5, 5.41) is 5.48. The Kier molecular flexibility index (Phi) is 7.12. The van der Waals surface area contributed by atoms with Crippen molar-refractivity contribution >= 4 is 29.2 Å². The van der Waals surface area contributed by atoms with Crippen molar-refractivity contribution < 1.29 is 23.9 Å². The highest BCUT2D eigenvalue weighted by molar-refractivity contribution is 6.06. The number of aromatic nitrogens is 2. The second-order valence-corrected chi connectivity index (χ2v) is 6.61. The van der Waals surface area contributed by atoms with E-state index in [2.05, 4.69) is 20.6 Å². The summed E-state index contributed by atoms with van der Waals surface area (Å²) < 4.78 is 10.3. The fraction of sp³-hybridized carbons (Fsp3) is 0.174. The molecule has 0 saturated carbocycles. The fourth-order valence-electron chi connectivity index (χ4n) is 2.87. The number of aryl methyl sites for hydroxylation is 1. The van der Waals surface area contributed by atoms with Crippen LogP contribution in [0.4, 0.5) is 11.4 Å². The first-order chi connectivity index (χ1) is 15.4. The molecule has 164 valence electrons. The monoisotopic (exact) mass is 434 g/mol. The molecule has 3 aromatic rings. The van der Waals surface area contributed by atoms with E-state index in [1.807, 2.05) is 0 Å². The van der Waals surface area contributed by atoms with Gasteiger partial charge in [0.15, 0.2) is 0 Å². The van der Waals surface area contributed by atoms with Gasteiger partial charge in [0.1, 0.15) is 11.4 Å². The van der Waals surface area contributed by atoms with Crippen molar-refractivity contribution in [3.05, 3.63) is 77.4 Å². The molecule has 0 aliphatic heterocycles. The van der Waals surface area contributed by atoms with Gasteiger partial charge in [0.05, 0.1) is 36.2 Å². The number of esters is 1. The van der Waals surface area contributed by atoms with Crippen LogP contribution in [0.5, 0.6) is 5.75 Å². The molecule has 0 saturated heterocycles. The summed E-state index contributed by atoms with van der Waals surface area (Å²) in [5.41, 5.74) is 2.12. The van der Waals surface area contributed by atoms with Gasteiger partial charge in [-0.15, -0.1) is 0 Å². The molecule has 0 aliphatic carbocycles. The van der Waals surface area contributed by atoms with Gasteiger partial charge < -0.3 is 20.1 Å². The summed E-state index contributed by atoms with van der Waals surface area (Å²) in [7, 11) is 1.46. The first kappa shape index (κ1) is 22.4. The first-order valence-electron chi connectivity index (χ1n) is 9.78. The van der Waals surface area contributed by atoms with Crippen LogP contribution in [0.2, 0.25) is 0 Å².